The molecule has 1 aromatic rings. The van der Waals surface area contributed by atoms with Crippen LogP contribution in [0.3, 0.4) is 0 Å². The molecule has 1 aromatic heterocycles. The minimum absolute atomic E-state index is 0.0274. The van der Waals surface area contributed by atoms with Gasteiger partial charge in [0, 0.05) is 12.2 Å². The number of aryl methyl sites for hydroxylation is 1. The summed E-state index contributed by atoms with van der Waals surface area (Å²) in [6.07, 6.45) is 0.996. The summed E-state index contributed by atoms with van der Waals surface area (Å²) in [6.45, 7) is 4.90. The number of anilines is 1. The Morgan fingerprint density at radius 1 is 1.58 bits per heavy atom. The van der Waals surface area contributed by atoms with Gasteiger partial charge in [0.1, 0.15) is 5.82 Å². The van der Waals surface area contributed by atoms with E-state index in [1.165, 1.54) is 0 Å². The number of nitrogens with zero attached hydrogens (tertiary/aromatic N) is 3. The van der Waals surface area contributed by atoms with Crippen LogP contribution in [0.15, 0.2) is 17.3 Å². The van der Waals surface area contributed by atoms with Gasteiger partial charge in [-0.25, -0.2) is 4.98 Å². The van der Waals surface area contributed by atoms with Gasteiger partial charge in [0.05, 0.1) is 18.2 Å². The van der Waals surface area contributed by atoms with Crippen LogP contribution in [0.2, 0.25) is 0 Å². The molecule has 1 aliphatic rings. The molecule has 2 heterocycles. The maximum Gasteiger partial charge on any atom is 0.173 e. The predicted octanol–water partition coefficient (Wildman–Crippen LogP) is 0.692. The summed E-state index contributed by atoms with van der Waals surface area (Å²) >= 11 is 0. The molecule has 2 atom stereocenters. The van der Waals surface area contributed by atoms with Gasteiger partial charge in [-0.05, 0) is 31.4 Å². The fraction of sp³-hybridized carbons (Fsp3) is 0.538. The number of aromatic nitrogens is 1. The van der Waals surface area contributed by atoms with Crippen molar-refractivity contribution < 1.29 is 10.3 Å². The third-order valence-corrected chi connectivity index (χ3v) is 3.74. The number of aliphatic hydroxyl groups is 1. The van der Waals surface area contributed by atoms with Crippen LogP contribution >= 0.6 is 0 Å². The van der Waals surface area contributed by atoms with Gasteiger partial charge in [-0.3, -0.25) is 0 Å². The van der Waals surface area contributed by atoms with Crippen LogP contribution in [0.4, 0.5) is 5.82 Å². The van der Waals surface area contributed by atoms with Crippen LogP contribution in [0.1, 0.15) is 24.6 Å². The van der Waals surface area contributed by atoms with Gasteiger partial charge in [0.15, 0.2) is 5.84 Å². The predicted molar refractivity (Wildman–Crippen MR) is 73.5 cm³/mol. The van der Waals surface area contributed by atoms with Gasteiger partial charge in [-0.2, -0.15) is 0 Å². The van der Waals surface area contributed by atoms with Gasteiger partial charge in [-0.15, -0.1) is 0 Å². The van der Waals surface area contributed by atoms with E-state index in [2.05, 4.69) is 17.1 Å². The monoisotopic (exact) mass is 264 g/mol. The molecule has 1 fully saturated rings. The van der Waals surface area contributed by atoms with Gasteiger partial charge < -0.3 is 20.9 Å². The standard InChI is InChI=1S/C13H20N4O2/c1-8-5-6-17(11(8)7-18)13-10(12(14)16-19)4-3-9(2)15-13/h3-4,8,11,18-19H,5-7H2,1-2H3,(H2,14,16). The van der Waals surface area contributed by atoms with Crippen molar-refractivity contribution in [2.45, 2.75) is 26.3 Å². The highest BCUT2D eigenvalue weighted by molar-refractivity contribution is 6.01. The fourth-order valence-electron chi connectivity index (χ4n) is 2.57. The molecule has 0 radical (unpaired) electrons. The molecule has 6 nitrogen and oxygen atoms in total. The molecular formula is C13H20N4O2. The average Bonchev–Trinajstić information content (AvgIpc) is 2.78. The lowest BCUT2D eigenvalue weighted by Crippen LogP contribution is -2.37. The highest BCUT2D eigenvalue weighted by Crippen LogP contribution is 2.30. The molecule has 2 rings (SSSR count). The van der Waals surface area contributed by atoms with Crippen molar-refractivity contribution in [1.29, 1.82) is 0 Å². The molecular weight excluding hydrogens is 244 g/mol. The number of aliphatic hydroxyl groups excluding tert-OH is 1. The minimum atomic E-state index is 0.0274. The van der Waals surface area contributed by atoms with Gasteiger partial charge >= 0.3 is 0 Å². The molecule has 0 aromatic carbocycles. The Hall–Kier alpha value is -1.82. The summed E-state index contributed by atoms with van der Waals surface area (Å²) in [5.74, 6) is 1.12. The van der Waals surface area contributed by atoms with E-state index in [9.17, 15) is 5.11 Å². The highest BCUT2D eigenvalue weighted by Gasteiger charge is 2.33. The van der Waals surface area contributed by atoms with Crippen molar-refractivity contribution in [3.63, 3.8) is 0 Å². The number of rotatable bonds is 3. The SMILES string of the molecule is Cc1ccc(/C(N)=N/O)c(N2CCC(C)C2CO)n1. The van der Waals surface area contributed by atoms with Crippen molar-refractivity contribution in [3.8, 4) is 0 Å². The summed E-state index contributed by atoms with van der Waals surface area (Å²) in [7, 11) is 0. The topological polar surface area (TPSA) is 95.0 Å². The second kappa shape index (κ2) is 5.44. The second-order valence-electron chi connectivity index (χ2n) is 5.02. The van der Waals surface area contributed by atoms with Crippen LogP contribution in [-0.2, 0) is 0 Å². The van der Waals surface area contributed by atoms with Crippen molar-refractivity contribution in [1.82, 2.24) is 4.98 Å². The summed E-state index contributed by atoms with van der Waals surface area (Å²) < 4.78 is 0. The maximum atomic E-state index is 9.54. The molecule has 0 amide bonds. The molecule has 1 aliphatic heterocycles. The molecule has 0 saturated carbocycles. The zero-order valence-electron chi connectivity index (χ0n) is 11.2. The Balaban J connectivity index is 2.46. The Labute approximate surface area is 112 Å². The Bertz CT molecular complexity index is 490. The molecule has 104 valence electrons. The molecule has 1 saturated heterocycles. The van der Waals surface area contributed by atoms with E-state index in [0.29, 0.717) is 17.3 Å². The first-order chi connectivity index (χ1) is 9.08. The van der Waals surface area contributed by atoms with Crippen LogP contribution < -0.4 is 10.6 Å². The zero-order chi connectivity index (χ0) is 14.0. The van der Waals surface area contributed by atoms with E-state index < -0.39 is 0 Å². The Kier molecular flexibility index (Phi) is 3.90. The minimum Gasteiger partial charge on any atom is -0.409 e. The second-order valence-corrected chi connectivity index (χ2v) is 5.02. The van der Waals surface area contributed by atoms with Crippen LogP contribution in [0.5, 0.6) is 0 Å². The Morgan fingerprint density at radius 3 is 2.95 bits per heavy atom. The lowest BCUT2D eigenvalue weighted by atomic mass is 10.0. The van der Waals surface area contributed by atoms with E-state index in [1.54, 1.807) is 6.07 Å². The quantitative estimate of drug-likeness (QED) is 0.323. The lowest BCUT2D eigenvalue weighted by molar-refractivity contribution is 0.244. The lowest BCUT2D eigenvalue weighted by Gasteiger charge is -2.28. The highest BCUT2D eigenvalue weighted by atomic mass is 16.4. The number of hydrogen-bond acceptors (Lipinski definition) is 5. The molecule has 2 unspecified atom stereocenters. The first-order valence-corrected chi connectivity index (χ1v) is 6.41. The third kappa shape index (κ3) is 2.49. The number of oxime groups is 1. The first kappa shape index (κ1) is 13.6. The number of hydrogen-bond donors (Lipinski definition) is 3. The largest absolute Gasteiger partial charge is 0.409 e. The number of nitrogens with two attached hydrogens (primary N) is 1. The molecule has 0 spiro atoms. The fourth-order valence-corrected chi connectivity index (χ4v) is 2.57. The van der Waals surface area contributed by atoms with Gasteiger partial charge in [0.2, 0.25) is 0 Å². The summed E-state index contributed by atoms with van der Waals surface area (Å²) in [4.78, 5) is 6.55. The first-order valence-electron chi connectivity index (χ1n) is 6.41. The van der Waals surface area contributed by atoms with E-state index in [1.807, 2.05) is 17.9 Å². The van der Waals surface area contributed by atoms with E-state index >= 15 is 0 Å². The molecule has 0 aliphatic carbocycles. The van der Waals surface area contributed by atoms with Gasteiger partial charge in [-0.1, -0.05) is 12.1 Å². The Morgan fingerprint density at radius 2 is 2.32 bits per heavy atom. The maximum absolute atomic E-state index is 9.54. The number of amidine groups is 1. The normalized spacial score (nSPS) is 23.9. The molecule has 4 N–H and O–H groups in total. The summed E-state index contributed by atoms with van der Waals surface area (Å²) in [5.41, 5.74) is 7.16. The van der Waals surface area contributed by atoms with Crippen LogP contribution in [0, 0.1) is 12.8 Å². The van der Waals surface area contributed by atoms with E-state index in [-0.39, 0.29) is 18.5 Å². The molecule has 0 bridgehead atoms. The van der Waals surface area contributed by atoms with Crippen LogP contribution in [-0.4, -0.2) is 40.3 Å². The van der Waals surface area contributed by atoms with E-state index in [4.69, 9.17) is 10.9 Å². The molecule has 6 heteroatoms. The zero-order valence-corrected chi connectivity index (χ0v) is 11.2. The van der Waals surface area contributed by atoms with Gasteiger partial charge in [0.25, 0.3) is 0 Å². The molecule has 19 heavy (non-hydrogen) atoms. The average molecular weight is 264 g/mol. The summed E-state index contributed by atoms with van der Waals surface area (Å²) in [5, 5.41) is 21.5. The van der Waals surface area contributed by atoms with Crippen molar-refractivity contribution in [2.75, 3.05) is 18.1 Å². The number of pyridine rings is 1. The van der Waals surface area contributed by atoms with E-state index in [0.717, 1.165) is 18.7 Å². The third-order valence-electron chi connectivity index (χ3n) is 3.74. The van der Waals surface area contributed by atoms with Crippen molar-refractivity contribution >= 4 is 11.7 Å². The smallest absolute Gasteiger partial charge is 0.173 e. The van der Waals surface area contributed by atoms with Crippen LogP contribution in [0.25, 0.3) is 0 Å². The van der Waals surface area contributed by atoms with Crippen molar-refractivity contribution in [3.05, 3.63) is 23.4 Å². The van der Waals surface area contributed by atoms with Crippen molar-refractivity contribution in [2.24, 2.45) is 16.8 Å². The summed E-state index contributed by atoms with van der Waals surface area (Å²) in [6, 6.07) is 3.65.